The van der Waals surface area contributed by atoms with Crippen LogP contribution in [-0.4, -0.2) is 37.1 Å². The van der Waals surface area contributed by atoms with Gasteiger partial charge in [0.1, 0.15) is 17.9 Å². The normalized spacial score (nSPS) is 13.7. The lowest BCUT2D eigenvalue weighted by Gasteiger charge is -2.29. The van der Waals surface area contributed by atoms with Crippen LogP contribution in [0.3, 0.4) is 0 Å². The molecular formula is C26H22BrN5O3. The van der Waals surface area contributed by atoms with E-state index in [2.05, 4.69) is 25.9 Å². The maximum atomic E-state index is 13.8. The average molecular weight is 532 g/mol. The molecule has 176 valence electrons. The number of carbonyl (C=O) groups excluding carboxylic acids is 1. The Morgan fingerprint density at radius 3 is 2.46 bits per heavy atom. The Morgan fingerprint density at radius 1 is 1.03 bits per heavy atom. The highest BCUT2D eigenvalue weighted by atomic mass is 79.9. The van der Waals surface area contributed by atoms with Gasteiger partial charge in [0.25, 0.3) is 5.56 Å². The third-order valence-corrected chi connectivity index (χ3v) is 6.52. The van der Waals surface area contributed by atoms with Gasteiger partial charge in [-0.25, -0.2) is 19.7 Å². The molecule has 0 saturated carbocycles. The first-order valence-electron chi connectivity index (χ1n) is 11.1. The van der Waals surface area contributed by atoms with Crippen molar-refractivity contribution in [1.82, 2.24) is 24.4 Å². The second-order valence-corrected chi connectivity index (χ2v) is 9.15. The van der Waals surface area contributed by atoms with Gasteiger partial charge in [-0.3, -0.25) is 9.36 Å². The van der Waals surface area contributed by atoms with Crippen LogP contribution in [-0.2, 0) is 13.0 Å². The quantitative estimate of drug-likeness (QED) is 0.390. The van der Waals surface area contributed by atoms with Crippen LogP contribution >= 0.6 is 15.9 Å². The van der Waals surface area contributed by atoms with E-state index >= 15 is 0 Å². The molecule has 5 rings (SSSR count). The van der Waals surface area contributed by atoms with Crippen LogP contribution in [0.25, 0.3) is 0 Å². The van der Waals surface area contributed by atoms with Crippen molar-refractivity contribution in [1.29, 1.82) is 0 Å². The maximum Gasteiger partial charge on any atom is 0.415 e. The predicted molar refractivity (Wildman–Crippen MR) is 133 cm³/mol. The topological polar surface area (TPSA) is 90.2 Å². The molecule has 9 heteroatoms. The minimum atomic E-state index is -0.467. The number of nitrogens with zero attached hydrogens (tertiary/aromatic N) is 5. The monoisotopic (exact) mass is 531 g/mol. The summed E-state index contributed by atoms with van der Waals surface area (Å²) in [6.07, 6.45) is 4.83. The van der Waals surface area contributed by atoms with Gasteiger partial charge in [-0.2, -0.15) is 0 Å². The summed E-state index contributed by atoms with van der Waals surface area (Å²) < 4.78 is 8.10. The maximum absolute atomic E-state index is 13.8. The lowest BCUT2D eigenvalue weighted by molar-refractivity contribution is 0.145. The fraction of sp³-hybridized carbons (Fsp3) is 0.192. The molecule has 0 fully saturated rings. The summed E-state index contributed by atoms with van der Waals surface area (Å²) in [4.78, 5) is 41.2. The number of aryl methyl sites for hydroxylation is 1. The molecule has 2 aromatic heterocycles. The summed E-state index contributed by atoms with van der Waals surface area (Å²) in [6.45, 7) is 2.39. The molecule has 1 unspecified atom stereocenters. The highest BCUT2D eigenvalue weighted by Crippen LogP contribution is 2.27. The first kappa shape index (κ1) is 22.9. The van der Waals surface area contributed by atoms with Crippen LogP contribution in [0.4, 0.5) is 4.79 Å². The average Bonchev–Trinajstić information content (AvgIpc) is 2.88. The molecule has 1 aliphatic heterocycles. The number of halogens is 1. The van der Waals surface area contributed by atoms with E-state index in [1.165, 1.54) is 6.33 Å². The minimum absolute atomic E-state index is 0.119. The molecule has 35 heavy (non-hydrogen) atoms. The third-order valence-electron chi connectivity index (χ3n) is 5.99. The van der Waals surface area contributed by atoms with E-state index in [0.29, 0.717) is 35.8 Å². The zero-order valence-corrected chi connectivity index (χ0v) is 20.6. The van der Waals surface area contributed by atoms with Crippen molar-refractivity contribution in [2.75, 3.05) is 6.54 Å². The standard InChI is InChI=1S/C26H22BrN5O3/c1-17-30-23-15-31(26(34)35-21-9-7-20(27)8-10-21)12-11-22(23)25(33)32(17)24(18-5-3-2-4-6-18)19-13-28-16-29-14-19/h2-10,13-14,16,24H,11-12,15H2,1H3. The summed E-state index contributed by atoms with van der Waals surface area (Å²) >= 11 is 3.37. The van der Waals surface area contributed by atoms with Crippen LogP contribution in [0.5, 0.6) is 5.75 Å². The molecule has 8 nitrogen and oxygen atoms in total. The largest absolute Gasteiger partial charge is 0.415 e. The highest BCUT2D eigenvalue weighted by Gasteiger charge is 2.29. The number of aromatic nitrogens is 4. The molecule has 1 aliphatic rings. The molecule has 0 radical (unpaired) electrons. The number of benzene rings is 2. The zero-order chi connectivity index (χ0) is 24.4. The van der Waals surface area contributed by atoms with E-state index in [0.717, 1.165) is 15.6 Å². The van der Waals surface area contributed by atoms with Crippen molar-refractivity contribution in [2.24, 2.45) is 0 Å². The van der Waals surface area contributed by atoms with Crippen molar-refractivity contribution in [3.05, 3.63) is 116 Å². The van der Waals surface area contributed by atoms with Crippen molar-refractivity contribution in [3.8, 4) is 5.75 Å². The molecule has 0 aliphatic carbocycles. The van der Waals surface area contributed by atoms with Crippen molar-refractivity contribution in [2.45, 2.75) is 25.9 Å². The van der Waals surface area contributed by atoms with Crippen molar-refractivity contribution >= 4 is 22.0 Å². The second kappa shape index (κ2) is 9.79. The summed E-state index contributed by atoms with van der Waals surface area (Å²) in [6, 6.07) is 16.4. The van der Waals surface area contributed by atoms with Gasteiger partial charge < -0.3 is 9.64 Å². The molecule has 0 saturated heterocycles. The molecule has 1 atom stereocenters. The first-order valence-corrected chi connectivity index (χ1v) is 11.9. The predicted octanol–water partition coefficient (Wildman–Crippen LogP) is 4.30. The van der Waals surface area contributed by atoms with E-state index in [9.17, 15) is 9.59 Å². The molecule has 3 heterocycles. The van der Waals surface area contributed by atoms with E-state index < -0.39 is 12.1 Å². The fourth-order valence-corrected chi connectivity index (χ4v) is 4.59. The number of hydrogen-bond donors (Lipinski definition) is 0. The van der Waals surface area contributed by atoms with Crippen LogP contribution < -0.4 is 10.3 Å². The molecule has 0 bridgehead atoms. The third kappa shape index (κ3) is 4.72. The molecule has 0 spiro atoms. The van der Waals surface area contributed by atoms with Gasteiger partial charge in [0.05, 0.1) is 18.3 Å². The van der Waals surface area contributed by atoms with E-state index in [-0.39, 0.29) is 12.1 Å². The minimum Gasteiger partial charge on any atom is -0.410 e. The Labute approximate surface area is 210 Å². The Bertz CT molecular complexity index is 1370. The van der Waals surface area contributed by atoms with E-state index in [4.69, 9.17) is 9.72 Å². The van der Waals surface area contributed by atoms with Gasteiger partial charge in [0, 0.05) is 34.5 Å². The number of rotatable bonds is 4. The second-order valence-electron chi connectivity index (χ2n) is 8.24. The summed E-state index contributed by atoms with van der Waals surface area (Å²) in [5.41, 5.74) is 2.82. The SMILES string of the molecule is Cc1nc2c(c(=O)n1C(c1ccccc1)c1cncnc1)CCN(C(=O)Oc1ccc(Br)cc1)C2. The van der Waals surface area contributed by atoms with Gasteiger partial charge in [0.2, 0.25) is 0 Å². The molecule has 1 amide bonds. The van der Waals surface area contributed by atoms with Gasteiger partial charge >= 0.3 is 6.09 Å². The molecular weight excluding hydrogens is 510 g/mol. The lowest BCUT2D eigenvalue weighted by atomic mass is 9.99. The molecule has 0 N–H and O–H groups in total. The highest BCUT2D eigenvalue weighted by molar-refractivity contribution is 9.10. The van der Waals surface area contributed by atoms with Crippen LogP contribution in [0.15, 0.2) is 82.6 Å². The Morgan fingerprint density at radius 2 is 1.74 bits per heavy atom. The number of carbonyl (C=O) groups is 1. The molecule has 4 aromatic rings. The lowest BCUT2D eigenvalue weighted by Crippen LogP contribution is -2.43. The Hall–Kier alpha value is -3.85. The van der Waals surface area contributed by atoms with Crippen molar-refractivity contribution in [3.63, 3.8) is 0 Å². The number of hydrogen-bond acceptors (Lipinski definition) is 6. The Kier molecular flexibility index (Phi) is 6.41. The smallest absolute Gasteiger partial charge is 0.410 e. The Balaban J connectivity index is 1.48. The van der Waals surface area contributed by atoms with Gasteiger partial charge in [-0.05, 0) is 43.2 Å². The van der Waals surface area contributed by atoms with Crippen molar-refractivity contribution < 1.29 is 9.53 Å². The fourth-order valence-electron chi connectivity index (χ4n) is 4.33. The summed E-state index contributed by atoms with van der Waals surface area (Å²) in [5.74, 6) is 1.01. The van der Waals surface area contributed by atoms with E-state index in [1.54, 1.807) is 40.9 Å². The van der Waals surface area contributed by atoms with Gasteiger partial charge in [0.15, 0.2) is 0 Å². The van der Waals surface area contributed by atoms with Crippen LogP contribution in [0, 0.1) is 6.92 Å². The van der Waals surface area contributed by atoms with Gasteiger partial charge in [-0.1, -0.05) is 46.3 Å². The van der Waals surface area contributed by atoms with Crippen LogP contribution in [0.1, 0.15) is 34.3 Å². The zero-order valence-electron chi connectivity index (χ0n) is 19.0. The molecule has 2 aromatic carbocycles. The van der Waals surface area contributed by atoms with E-state index in [1.807, 2.05) is 42.5 Å². The van der Waals surface area contributed by atoms with Crippen LogP contribution in [0.2, 0.25) is 0 Å². The number of fused-ring (bicyclic) bond motifs is 1. The number of amides is 1. The van der Waals surface area contributed by atoms with Gasteiger partial charge in [-0.15, -0.1) is 0 Å². The summed E-state index contributed by atoms with van der Waals surface area (Å²) in [5, 5.41) is 0. The first-order chi connectivity index (χ1) is 17.0. The summed E-state index contributed by atoms with van der Waals surface area (Å²) in [7, 11) is 0. The number of ether oxygens (including phenoxy) is 1.